The second-order valence-electron chi connectivity index (χ2n) is 8.04. The molecular weight excluding hydrogens is 449 g/mol. The predicted molar refractivity (Wildman–Crippen MR) is 143 cm³/mol. The third-order valence-electron chi connectivity index (χ3n) is 5.53. The molecule has 0 aliphatic carbocycles. The Morgan fingerprint density at radius 1 is 1.12 bits per heavy atom. The SMILES string of the molecule is C=CC(=C)Nc1cccc(CC(=N/CNc2ccc(F)c(Cl)c2)/C(=C\N=C)N2CCCCC2)c1. The Morgan fingerprint density at radius 3 is 2.62 bits per heavy atom. The number of benzene rings is 2. The molecule has 178 valence electrons. The Morgan fingerprint density at radius 2 is 1.91 bits per heavy atom. The number of hydrogen-bond acceptors (Lipinski definition) is 5. The Bertz CT molecular complexity index is 1090. The Balaban J connectivity index is 1.86. The highest BCUT2D eigenvalue weighted by atomic mass is 35.5. The molecule has 0 amide bonds. The number of piperidine rings is 1. The molecule has 0 atom stereocenters. The van der Waals surface area contributed by atoms with Gasteiger partial charge in [0.1, 0.15) is 12.5 Å². The monoisotopic (exact) mass is 479 g/mol. The maximum atomic E-state index is 13.5. The molecule has 0 saturated carbocycles. The topological polar surface area (TPSA) is 52.0 Å². The van der Waals surface area contributed by atoms with Crippen LogP contribution in [-0.2, 0) is 6.42 Å². The van der Waals surface area contributed by atoms with E-state index in [0.29, 0.717) is 18.8 Å². The van der Waals surface area contributed by atoms with Crippen LogP contribution in [-0.4, -0.2) is 37.1 Å². The van der Waals surface area contributed by atoms with Gasteiger partial charge in [0, 0.05) is 36.6 Å². The first-order chi connectivity index (χ1) is 16.5. The summed E-state index contributed by atoms with van der Waals surface area (Å²) in [5.74, 6) is -0.448. The molecule has 1 heterocycles. The highest BCUT2D eigenvalue weighted by molar-refractivity contribution is 6.31. The fourth-order valence-corrected chi connectivity index (χ4v) is 3.99. The van der Waals surface area contributed by atoms with Gasteiger partial charge < -0.3 is 15.5 Å². The number of allylic oxidation sites excluding steroid dienone is 2. The number of hydrogen-bond donors (Lipinski definition) is 2. The molecule has 1 fully saturated rings. The van der Waals surface area contributed by atoms with E-state index < -0.39 is 5.82 Å². The molecule has 7 heteroatoms. The van der Waals surface area contributed by atoms with Crippen LogP contribution in [0.15, 0.2) is 89.3 Å². The minimum Gasteiger partial charge on any atom is -0.369 e. The number of halogens is 2. The second kappa shape index (κ2) is 12.8. The van der Waals surface area contributed by atoms with Crippen molar-refractivity contribution in [3.05, 3.63) is 95.7 Å². The molecule has 3 rings (SSSR count). The molecule has 5 nitrogen and oxygen atoms in total. The normalized spacial score (nSPS) is 14.5. The van der Waals surface area contributed by atoms with Gasteiger partial charge in [0.05, 0.1) is 22.6 Å². The van der Waals surface area contributed by atoms with Gasteiger partial charge in [-0.2, -0.15) is 0 Å². The van der Waals surface area contributed by atoms with Crippen molar-refractivity contribution in [2.75, 3.05) is 30.4 Å². The number of nitrogens with one attached hydrogen (secondary N) is 2. The lowest BCUT2D eigenvalue weighted by atomic mass is 10.0. The standard InChI is InChI=1S/C27H31ClFN5/c1-4-20(2)33-23-10-8-9-21(15-23)16-26(27(18-30-3)34-13-6-5-7-14-34)32-19-31-22-11-12-25(29)24(28)17-22/h4,8-12,15,17-18,31,33H,1-3,5-7,13-14,16,19H2/b27-18+,32-26-. The third kappa shape index (κ3) is 7.32. The largest absolute Gasteiger partial charge is 0.369 e. The molecule has 34 heavy (non-hydrogen) atoms. The fraction of sp³-hybridized carbons (Fsp3) is 0.259. The first-order valence-corrected chi connectivity index (χ1v) is 11.7. The summed E-state index contributed by atoms with van der Waals surface area (Å²) in [6.07, 6.45) is 7.58. The zero-order chi connectivity index (χ0) is 24.3. The quantitative estimate of drug-likeness (QED) is 0.279. The molecule has 2 aromatic carbocycles. The van der Waals surface area contributed by atoms with Crippen LogP contribution in [0.5, 0.6) is 0 Å². The van der Waals surface area contributed by atoms with Crippen LogP contribution in [0.25, 0.3) is 0 Å². The van der Waals surface area contributed by atoms with Gasteiger partial charge >= 0.3 is 0 Å². The van der Waals surface area contributed by atoms with Crippen molar-refractivity contribution in [2.45, 2.75) is 25.7 Å². The van der Waals surface area contributed by atoms with Gasteiger partial charge in [0.2, 0.25) is 0 Å². The number of rotatable bonds is 11. The van der Waals surface area contributed by atoms with E-state index in [1.807, 2.05) is 12.1 Å². The smallest absolute Gasteiger partial charge is 0.141 e. The van der Waals surface area contributed by atoms with Gasteiger partial charge in [-0.3, -0.25) is 9.98 Å². The second-order valence-corrected chi connectivity index (χ2v) is 8.45. The maximum Gasteiger partial charge on any atom is 0.141 e. The van der Waals surface area contributed by atoms with E-state index >= 15 is 0 Å². The van der Waals surface area contributed by atoms with Gasteiger partial charge in [-0.1, -0.05) is 36.9 Å². The van der Waals surface area contributed by atoms with Gasteiger partial charge in [0.15, 0.2) is 0 Å². The Kier molecular flexibility index (Phi) is 9.47. The lowest BCUT2D eigenvalue weighted by Crippen LogP contribution is -2.33. The van der Waals surface area contributed by atoms with Crippen molar-refractivity contribution < 1.29 is 4.39 Å². The zero-order valence-electron chi connectivity index (χ0n) is 19.4. The van der Waals surface area contributed by atoms with Crippen LogP contribution in [0, 0.1) is 5.82 Å². The lowest BCUT2D eigenvalue weighted by molar-refractivity contribution is 0.296. The molecule has 2 aromatic rings. The number of nitrogens with zero attached hydrogens (tertiary/aromatic N) is 3. The van der Waals surface area contributed by atoms with E-state index in [4.69, 9.17) is 16.6 Å². The summed E-state index contributed by atoms with van der Waals surface area (Å²) in [5.41, 5.74) is 5.34. The zero-order valence-corrected chi connectivity index (χ0v) is 20.1. The molecule has 0 bridgehead atoms. The highest BCUT2D eigenvalue weighted by Crippen LogP contribution is 2.22. The molecule has 1 aliphatic heterocycles. The van der Waals surface area contributed by atoms with E-state index in [9.17, 15) is 4.39 Å². The summed E-state index contributed by atoms with van der Waals surface area (Å²) in [6, 6.07) is 12.7. The minimum atomic E-state index is -0.448. The summed E-state index contributed by atoms with van der Waals surface area (Å²) in [6.45, 7) is 13.6. The van der Waals surface area contributed by atoms with Crippen molar-refractivity contribution in [3.63, 3.8) is 0 Å². The molecule has 0 aromatic heterocycles. The highest BCUT2D eigenvalue weighted by Gasteiger charge is 2.19. The Labute approximate surface area is 206 Å². The summed E-state index contributed by atoms with van der Waals surface area (Å²) in [7, 11) is 0. The molecule has 0 spiro atoms. The van der Waals surface area contributed by atoms with Crippen LogP contribution < -0.4 is 10.6 Å². The van der Waals surface area contributed by atoms with E-state index in [1.54, 1.807) is 24.4 Å². The third-order valence-corrected chi connectivity index (χ3v) is 5.82. The van der Waals surface area contributed by atoms with Gasteiger partial charge in [0.25, 0.3) is 0 Å². The van der Waals surface area contributed by atoms with E-state index in [0.717, 1.165) is 54.3 Å². The summed E-state index contributed by atoms with van der Waals surface area (Å²) < 4.78 is 13.5. The maximum absolute atomic E-state index is 13.5. The molecule has 1 aliphatic rings. The van der Waals surface area contributed by atoms with Crippen molar-refractivity contribution in [2.24, 2.45) is 9.98 Å². The van der Waals surface area contributed by atoms with E-state index in [2.05, 4.69) is 52.5 Å². The van der Waals surface area contributed by atoms with Crippen molar-refractivity contribution in [3.8, 4) is 0 Å². The molecule has 2 N–H and O–H groups in total. The van der Waals surface area contributed by atoms with Crippen molar-refractivity contribution in [1.82, 2.24) is 4.90 Å². The molecule has 0 unspecified atom stereocenters. The molecular formula is C27H31ClFN5. The van der Waals surface area contributed by atoms with Gasteiger partial charge in [-0.25, -0.2) is 4.39 Å². The van der Waals surface area contributed by atoms with Crippen molar-refractivity contribution >= 4 is 35.4 Å². The van der Waals surface area contributed by atoms with Gasteiger partial charge in [-0.05, 0) is 68.0 Å². The van der Waals surface area contributed by atoms with E-state index in [1.165, 1.54) is 12.5 Å². The fourth-order valence-electron chi connectivity index (χ4n) is 3.81. The van der Waals surface area contributed by atoms with Gasteiger partial charge in [-0.15, -0.1) is 0 Å². The number of aliphatic imine (C=N–C) groups is 2. The number of anilines is 2. The first kappa shape index (κ1) is 25.2. The van der Waals surface area contributed by atoms with Crippen LogP contribution in [0.2, 0.25) is 5.02 Å². The van der Waals surface area contributed by atoms with Crippen LogP contribution in [0.3, 0.4) is 0 Å². The van der Waals surface area contributed by atoms with Crippen molar-refractivity contribution in [1.29, 1.82) is 0 Å². The van der Waals surface area contributed by atoms with Crippen LogP contribution >= 0.6 is 11.6 Å². The molecule has 1 saturated heterocycles. The minimum absolute atomic E-state index is 0.0735. The van der Waals surface area contributed by atoms with Crippen LogP contribution in [0.1, 0.15) is 24.8 Å². The average molecular weight is 480 g/mol. The Hall–Kier alpha value is -3.38. The summed E-state index contributed by atoms with van der Waals surface area (Å²) >= 11 is 5.91. The lowest BCUT2D eigenvalue weighted by Gasteiger charge is -2.31. The average Bonchev–Trinajstić information content (AvgIpc) is 2.85. The van der Waals surface area contributed by atoms with E-state index in [-0.39, 0.29) is 5.02 Å². The summed E-state index contributed by atoms with van der Waals surface area (Å²) in [5, 5.41) is 6.52. The predicted octanol–water partition coefficient (Wildman–Crippen LogP) is 6.67. The first-order valence-electron chi connectivity index (χ1n) is 11.3. The number of likely N-dealkylation sites (tertiary alicyclic amines) is 1. The van der Waals surface area contributed by atoms with Crippen LogP contribution in [0.4, 0.5) is 15.8 Å². The summed E-state index contributed by atoms with van der Waals surface area (Å²) in [4.78, 5) is 11.3. The molecule has 0 radical (unpaired) electrons.